The van der Waals surface area contributed by atoms with Gasteiger partial charge in [0.25, 0.3) is 0 Å². The maximum Gasteiger partial charge on any atom is 0.161 e. The fourth-order valence-electron chi connectivity index (χ4n) is 1.20. The van der Waals surface area contributed by atoms with Crippen LogP contribution in [0.25, 0.3) is 0 Å². The number of hydrogen-bond acceptors (Lipinski definition) is 0. The molecule has 0 bridgehead atoms. The molecule has 0 aliphatic rings. The van der Waals surface area contributed by atoms with Crippen molar-refractivity contribution in [2.75, 3.05) is 0 Å². The smallest absolute Gasteiger partial charge is 0.0998 e. The quantitative estimate of drug-likeness (QED) is 0.514. The van der Waals surface area contributed by atoms with Crippen molar-refractivity contribution in [3.63, 3.8) is 0 Å². The van der Waals surface area contributed by atoms with Gasteiger partial charge in [0.05, 0.1) is 0 Å². The molecule has 0 saturated heterocycles. The van der Waals surface area contributed by atoms with Crippen LogP contribution in [0.3, 0.4) is 0 Å². The van der Waals surface area contributed by atoms with Crippen LogP contribution in [-0.2, 0) is 4.33 Å². The molecular weight excluding hydrogens is 203 g/mol. The molecule has 0 radical (unpaired) electrons. The summed E-state index contributed by atoms with van der Waals surface area (Å²) in [5.74, 6) is 0. The van der Waals surface area contributed by atoms with Crippen LogP contribution in [0.4, 0.5) is 0 Å². The van der Waals surface area contributed by atoms with Gasteiger partial charge in [-0.1, -0.05) is 59.6 Å². The highest BCUT2D eigenvalue weighted by molar-refractivity contribution is 6.49. The summed E-state index contributed by atoms with van der Waals surface area (Å²) in [4.78, 5) is 0. The largest absolute Gasteiger partial charge is 0.161 e. The second-order valence-electron chi connectivity index (χ2n) is 3.15. The number of hydrogen-bond donors (Lipinski definition) is 0. The van der Waals surface area contributed by atoms with Crippen molar-refractivity contribution in [3.8, 4) is 0 Å². The first-order chi connectivity index (χ1) is 5.97. The van der Waals surface area contributed by atoms with Gasteiger partial charge in [-0.2, -0.15) is 0 Å². The van der Waals surface area contributed by atoms with E-state index >= 15 is 0 Å². The molecule has 70 valence electrons. The molecule has 1 aromatic carbocycles. The van der Waals surface area contributed by atoms with Crippen molar-refractivity contribution < 1.29 is 0 Å². The SMILES string of the molecule is C=CC(Cl)(Cl)c1cc(C)ccc1C. The molecule has 0 spiro atoms. The molecule has 1 rings (SSSR count). The summed E-state index contributed by atoms with van der Waals surface area (Å²) in [7, 11) is 0. The van der Waals surface area contributed by atoms with Crippen LogP contribution in [0.1, 0.15) is 16.7 Å². The monoisotopic (exact) mass is 214 g/mol. The van der Waals surface area contributed by atoms with Crippen LogP contribution < -0.4 is 0 Å². The van der Waals surface area contributed by atoms with Crippen molar-refractivity contribution >= 4 is 23.2 Å². The van der Waals surface area contributed by atoms with Crippen molar-refractivity contribution in [3.05, 3.63) is 47.5 Å². The van der Waals surface area contributed by atoms with Crippen LogP contribution in [0.15, 0.2) is 30.9 Å². The lowest BCUT2D eigenvalue weighted by Gasteiger charge is -2.18. The minimum absolute atomic E-state index is 0.908. The Morgan fingerprint density at radius 2 is 1.92 bits per heavy atom. The van der Waals surface area contributed by atoms with E-state index in [0.29, 0.717) is 0 Å². The topological polar surface area (TPSA) is 0 Å². The maximum atomic E-state index is 6.07. The van der Waals surface area contributed by atoms with E-state index in [1.807, 2.05) is 32.0 Å². The number of aryl methyl sites for hydroxylation is 2. The Hall–Kier alpha value is -0.460. The number of halogens is 2. The van der Waals surface area contributed by atoms with Crippen molar-refractivity contribution in [1.82, 2.24) is 0 Å². The average Bonchev–Trinajstić information content (AvgIpc) is 2.09. The lowest BCUT2D eigenvalue weighted by molar-refractivity contribution is 1.07. The van der Waals surface area contributed by atoms with Crippen molar-refractivity contribution in [2.24, 2.45) is 0 Å². The van der Waals surface area contributed by atoms with Gasteiger partial charge >= 0.3 is 0 Å². The molecule has 13 heavy (non-hydrogen) atoms. The molecule has 0 fully saturated rings. The normalized spacial score (nSPS) is 11.4. The molecule has 0 N–H and O–H groups in total. The summed E-state index contributed by atoms with van der Waals surface area (Å²) >= 11 is 12.1. The Bertz CT molecular complexity index is 327. The number of rotatable bonds is 2. The lowest BCUT2D eigenvalue weighted by Crippen LogP contribution is -2.08. The fraction of sp³-hybridized carbons (Fsp3) is 0.273. The zero-order valence-corrected chi connectivity index (χ0v) is 9.28. The molecule has 0 amide bonds. The second kappa shape index (κ2) is 3.73. The second-order valence-corrected chi connectivity index (χ2v) is 4.53. The Balaban J connectivity index is 3.28. The molecule has 0 aliphatic heterocycles. The summed E-state index contributed by atoms with van der Waals surface area (Å²) in [6, 6.07) is 6.02. The molecule has 0 aliphatic carbocycles. The third-order valence-corrected chi connectivity index (χ3v) is 2.72. The van der Waals surface area contributed by atoms with Gasteiger partial charge in [-0.25, -0.2) is 0 Å². The third-order valence-electron chi connectivity index (χ3n) is 2.01. The predicted octanol–water partition coefficient (Wildman–Crippen LogP) is 4.12. The summed E-state index contributed by atoms with van der Waals surface area (Å²) in [6.45, 7) is 7.61. The van der Waals surface area contributed by atoms with E-state index in [9.17, 15) is 0 Å². The highest BCUT2D eigenvalue weighted by Crippen LogP contribution is 2.37. The minimum atomic E-state index is -0.976. The maximum absolute atomic E-state index is 6.07. The van der Waals surface area contributed by atoms with Gasteiger partial charge in [0.15, 0.2) is 4.33 Å². The summed E-state index contributed by atoms with van der Waals surface area (Å²) in [5, 5.41) is 0. The highest BCUT2D eigenvalue weighted by atomic mass is 35.5. The van der Waals surface area contributed by atoms with Gasteiger partial charge in [0, 0.05) is 0 Å². The van der Waals surface area contributed by atoms with Gasteiger partial charge < -0.3 is 0 Å². The van der Waals surface area contributed by atoms with Crippen molar-refractivity contribution in [2.45, 2.75) is 18.2 Å². The molecule has 2 heteroatoms. The van der Waals surface area contributed by atoms with Crippen LogP contribution in [0, 0.1) is 13.8 Å². The zero-order chi connectivity index (χ0) is 10.1. The Morgan fingerprint density at radius 3 is 2.46 bits per heavy atom. The van der Waals surface area contributed by atoms with Crippen LogP contribution in [-0.4, -0.2) is 0 Å². The molecule has 0 nitrogen and oxygen atoms in total. The minimum Gasteiger partial charge on any atom is -0.0998 e. The van der Waals surface area contributed by atoms with E-state index < -0.39 is 4.33 Å². The standard InChI is InChI=1S/C11H12Cl2/c1-4-11(12,13)10-7-8(2)5-6-9(10)3/h4-7H,1H2,2-3H3. The molecule has 0 aromatic heterocycles. The molecular formula is C11H12Cl2. The van der Waals surface area contributed by atoms with Crippen LogP contribution in [0.5, 0.6) is 0 Å². The Morgan fingerprint density at radius 1 is 1.31 bits per heavy atom. The zero-order valence-electron chi connectivity index (χ0n) is 7.77. The van der Waals surface area contributed by atoms with Crippen LogP contribution in [0.2, 0.25) is 0 Å². The molecule has 0 heterocycles. The van der Waals surface area contributed by atoms with E-state index in [2.05, 4.69) is 6.58 Å². The van der Waals surface area contributed by atoms with Crippen molar-refractivity contribution in [1.29, 1.82) is 0 Å². The van der Waals surface area contributed by atoms with Gasteiger partial charge in [-0.15, -0.1) is 0 Å². The molecule has 0 unspecified atom stereocenters. The van der Waals surface area contributed by atoms with E-state index in [1.165, 1.54) is 6.08 Å². The van der Waals surface area contributed by atoms with Gasteiger partial charge in [-0.05, 0) is 25.0 Å². The highest BCUT2D eigenvalue weighted by Gasteiger charge is 2.23. The molecule has 0 atom stereocenters. The average molecular weight is 215 g/mol. The number of benzene rings is 1. The first-order valence-electron chi connectivity index (χ1n) is 4.06. The Kier molecular flexibility index (Phi) is 3.05. The fourth-order valence-corrected chi connectivity index (χ4v) is 1.61. The Labute approximate surface area is 89.2 Å². The van der Waals surface area contributed by atoms with E-state index in [1.54, 1.807) is 0 Å². The first-order valence-corrected chi connectivity index (χ1v) is 4.82. The predicted molar refractivity (Wildman–Crippen MR) is 59.5 cm³/mol. The molecule has 0 saturated carbocycles. The van der Waals surface area contributed by atoms with E-state index in [-0.39, 0.29) is 0 Å². The molecule has 1 aromatic rings. The summed E-state index contributed by atoms with van der Waals surface area (Å²) < 4.78 is -0.976. The van der Waals surface area contributed by atoms with Gasteiger partial charge in [0.2, 0.25) is 0 Å². The first kappa shape index (κ1) is 10.6. The van der Waals surface area contributed by atoms with Gasteiger partial charge in [0.1, 0.15) is 0 Å². The number of alkyl halides is 2. The lowest BCUT2D eigenvalue weighted by atomic mass is 10.0. The van der Waals surface area contributed by atoms with E-state index in [4.69, 9.17) is 23.2 Å². The van der Waals surface area contributed by atoms with Crippen LogP contribution >= 0.6 is 23.2 Å². The van der Waals surface area contributed by atoms with E-state index in [0.717, 1.165) is 16.7 Å². The number of allylic oxidation sites excluding steroid dienone is 1. The summed E-state index contributed by atoms with van der Waals surface area (Å²) in [5.41, 5.74) is 3.13. The van der Waals surface area contributed by atoms with Gasteiger partial charge in [-0.3, -0.25) is 0 Å². The summed E-state index contributed by atoms with van der Waals surface area (Å²) in [6.07, 6.45) is 1.54. The third kappa shape index (κ3) is 2.26.